The Balaban J connectivity index is 1.81. The number of benzene rings is 2. The highest BCUT2D eigenvalue weighted by Crippen LogP contribution is 2.25. The molecule has 1 heterocycles. The number of nitrogens with zero attached hydrogens (tertiary/aromatic N) is 3. The number of aromatic nitrogens is 3. The van der Waals surface area contributed by atoms with Crippen LogP contribution in [0, 0.1) is 11.6 Å². The van der Waals surface area contributed by atoms with Crippen LogP contribution in [0.25, 0.3) is 0 Å². The van der Waals surface area contributed by atoms with Crippen LogP contribution in [-0.2, 0) is 0 Å². The highest BCUT2D eigenvalue weighted by molar-refractivity contribution is 6.35. The van der Waals surface area contributed by atoms with Gasteiger partial charge in [0.05, 0.1) is 11.9 Å². The summed E-state index contributed by atoms with van der Waals surface area (Å²) >= 11 is 11.8. The van der Waals surface area contributed by atoms with Crippen LogP contribution >= 0.6 is 23.2 Å². The zero-order chi connectivity index (χ0) is 17.1. The van der Waals surface area contributed by atoms with E-state index in [2.05, 4.69) is 25.8 Å². The Bertz CT molecular complexity index is 871. The quantitative estimate of drug-likeness (QED) is 0.683. The Hall–Kier alpha value is -2.51. The second-order valence-electron chi connectivity index (χ2n) is 4.70. The summed E-state index contributed by atoms with van der Waals surface area (Å²) in [5, 5.41) is 14.1. The van der Waals surface area contributed by atoms with Crippen LogP contribution in [0.2, 0.25) is 10.0 Å². The molecule has 0 fully saturated rings. The molecule has 0 aliphatic rings. The fourth-order valence-corrected chi connectivity index (χ4v) is 2.43. The van der Waals surface area contributed by atoms with Crippen molar-refractivity contribution in [3.05, 3.63) is 64.3 Å². The monoisotopic (exact) mass is 367 g/mol. The average molecular weight is 368 g/mol. The van der Waals surface area contributed by atoms with Crippen molar-refractivity contribution >= 4 is 46.3 Å². The number of halogens is 4. The molecule has 0 saturated carbocycles. The minimum atomic E-state index is -0.746. The molecule has 3 rings (SSSR count). The summed E-state index contributed by atoms with van der Waals surface area (Å²) in [6.45, 7) is 0. The largest absolute Gasteiger partial charge is 0.336 e. The van der Waals surface area contributed by atoms with Gasteiger partial charge in [0, 0.05) is 21.8 Å². The molecule has 122 valence electrons. The third-order valence-electron chi connectivity index (χ3n) is 2.87. The Labute approximate surface area is 145 Å². The van der Waals surface area contributed by atoms with Crippen molar-refractivity contribution in [3.63, 3.8) is 0 Å². The van der Waals surface area contributed by atoms with Crippen molar-refractivity contribution in [1.29, 1.82) is 0 Å². The van der Waals surface area contributed by atoms with Gasteiger partial charge in [0.15, 0.2) is 5.82 Å². The smallest absolute Gasteiger partial charge is 0.249 e. The maximum atomic E-state index is 13.7. The first-order chi connectivity index (χ1) is 11.5. The van der Waals surface area contributed by atoms with Gasteiger partial charge in [-0.2, -0.15) is 10.1 Å². The molecular weight excluding hydrogens is 359 g/mol. The van der Waals surface area contributed by atoms with Crippen molar-refractivity contribution in [3.8, 4) is 0 Å². The highest BCUT2D eigenvalue weighted by atomic mass is 35.5. The maximum Gasteiger partial charge on any atom is 0.249 e. The van der Waals surface area contributed by atoms with E-state index in [-0.39, 0.29) is 17.5 Å². The zero-order valence-electron chi connectivity index (χ0n) is 11.9. The first-order valence-corrected chi connectivity index (χ1v) is 7.40. The summed E-state index contributed by atoms with van der Waals surface area (Å²) in [7, 11) is 0. The molecule has 24 heavy (non-hydrogen) atoms. The topological polar surface area (TPSA) is 62.7 Å². The lowest BCUT2D eigenvalue weighted by Gasteiger charge is -2.09. The van der Waals surface area contributed by atoms with E-state index < -0.39 is 11.6 Å². The van der Waals surface area contributed by atoms with Gasteiger partial charge in [-0.15, -0.1) is 5.10 Å². The van der Waals surface area contributed by atoms with Crippen LogP contribution in [-0.4, -0.2) is 15.2 Å². The van der Waals surface area contributed by atoms with Crippen molar-refractivity contribution < 1.29 is 8.78 Å². The molecule has 0 spiro atoms. The lowest BCUT2D eigenvalue weighted by molar-refractivity contribution is 0.586. The number of nitrogens with one attached hydrogen (secondary N) is 2. The van der Waals surface area contributed by atoms with Crippen molar-refractivity contribution in [1.82, 2.24) is 15.2 Å². The molecule has 2 aromatic carbocycles. The molecule has 0 aliphatic heterocycles. The summed E-state index contributed by atoms with van der Waals surface area (Å²) in [6.07, 6.45) is 1.30. The van der Waals surface area contributed by atoms with E-state index in [1.54, 1.807) is 18.2 Å². The van der Waals surface area contributed by atoms with Crippen LogP contribution in [0.5, 0.6) is 0 Å². The zero-order valence-corrected chi connectivity index (χ0v) is 13.4. The Morgan fingerprint density at radius 1 is 0.917 bits per heavy atom. The van der Waals surface area contributed by atoms with E-state index in [1.807, 2.05) is 0 Å². The summed E-state index contributed by atoms with van der Waals surface area (Å²) in [5.41, 5.74) is 0.632. The van der Waals surface area contributed by atoms with Gasteiger partial charge in [0.25, 0.3) is 0 Å². The van der Waals surface area contributed by atoms with E-state index in [9.17, 15) is 8.78 Å². The molecule has 5 nitrogen and oxygen atoms in total. The number of anilines is 4. The molecule has 2 N–H and O–H groups in total. The van der Waals surface area contributed by atoms with Crippen LogP contribution in [0.4, 0.5) is 31.9 Å². The second-order valence-corrected chi connectivity index (χ2v) is 5.57. The van der Waals surface area contributed by atoms with Gasteiger partial charge in [-0.05, 0) is 30.3 Å². The van der Waals surface area contributed by atoms with Crippen LogP contribution in [0.15, 0.2) is 42.6 Å². The summed E-state index contributed by atoms with van der Waals surface area (Å²) < 4.78 is 26.6. The van der Waals surface area contributed by atoms with Gasteiger partial charge in [-0.25, -0.2) is 8.78 Å². The van der Waals surface area contributed by atoms with Gasteiger partial charge in [-0.3, -0.25) is 0 Å². The van der Waals surface area contributed by atoms with Crippen LogP contribution < -0.4 is 10.6 Å². The SMILES string of the molecule is Fc1ccc(Nc2cnnc(Nc3cc(Cl)cc(Cl)c3)n2)c(F)c1. The van der Waals surface area contributed by atoms with E-state index in [0.29, 0.717) is 15.7 Å². The number of rotatable bonds is 4. The first-order valence-electron chi connectivity index (χ1n) is 6.64. The van der Waals surface area contributed by atoms with E-state index in [0.717, 1.165) is 12.1 Å². The molecular formula is C15H9Cl2F2N5. The number of hydrogen-bond acceptors (Lipinski definition) is 5. The normalized spacial score (nSPS) is 10.5. The Morgan fingerprint density at radius 2 is 1.67 bits per heavy atom. The molecule has 0 bridgehead atoms. The van der Waals surface area contributed by atoms with Gasteiger partial charge in [0.2, 0.25) is 5.95 Å². The van der Waals surface area contributed by atoms with Crippen molar-refractivity contribution in [2.45, 2.75) is 0 Å². The molecule has 0 atom stereocenters. The summed E-state index contributed by atoms with van der Waals surface area (Å²) in [5.74, 6) is -1.03. The molecule has 0 saturated heterocycles. The number of hydrogen-bond donors (Lipinski definition) is 2. The van der Waals surface area contributed by atoms with E-state index in [4.69, 9.17) is 23.2 Å². The third kappa shape index (κ3) is 4.06. The maximum absolute atomic E-state index is 13.7. The predicted molar refractivity (Wildman–Crippen MR) is 89.2 cm³/mol. The lowest BCUT2D eigenvalue weighted by atomic mass is 10.3. The first kappa shape index (κ1) is 16.4. The fourth-order valence-electron chi connectivity index (χ4n) is 1.90. The minimum Gasteiger partial charge on any atom is -0.336 e. The molecule has 0 aliphatic carbocycles. The Morgan fingerprint density at radius 3 is 2.38 bits per heavy atom. The molecule has 3 aromatic rings. The lowest BCUT2D eigenvalue weighted by Crippen LogP contribution is -2.03. The summed E-state index contributed by atoms with van der Waals surface area (Å²) in [6, 6.07) is 8.02. The van der Waals surface area contributed by atoms with Gasteiger partial charge >= 0.3 is 0 Å². The molecule has 1 aromatic heterocycles. The second kappa shape index (κ2) is 6.94. The Kier molecular flexibility index (Phi) is 4.73. The van der Waals surface area contributed by atoms with E-state index in [1.165, 1.54) is 12.3 Å². The molecule has 0 unspecified atom stereocenters. The standard InChI is InChI=1S/C15H9Cl2F2N5/c16-8-3-9(17)5-11(4-8)21-15-23-14(7-20-24-15)22-13-2-1-10(18)6-12(13)19/h1-7H,(H2,21,22,23,24). The molecule has 0 amide bonds. The van der Waals surface area contributed by atoms with Gasteiger partial charge in [-0.1, -0.05) is 23.2 Å². The van der Waals surface area contributed by atoms with Gasteiger partial charge < -0.3 is 10.6 Å². The predicted octanol–water partition coefficient (Wildman–Crippen LogP) is 4.94. The molecule has 0 radical (unpaired) electrons. The minimum absolute atomic E-state index is 0.0636. The van der Waals surface area contributed by atoms with Crippen molar-refractivity contribution in [2.24, 2.45) is 0 Å². The third-order valence-corrected chi connectivity index (χ3v) is 3.31. The highest BCUT2D eigenvalue weighted by Gasteiger charge is 2.07. The average Bonchev–Trinajstić information content (AvgIpc) is 2.49. The summed E-state index contributed by atoms with van der Waals surface area (Å²) in [4.78, 5) is 4.14. The van der Waals surface area contributed by atoms with Crippen LogP contribution in [0.1, 0.15) is 0 Å². The van der Waals surface area contributed by atoms with Crippen LogP contribution in [0.3, 0.4) is 0 Å². The fraction of sp³-hybridized carbons (Fsp3) is 0. The van der Waals surface area contributed by atoms with Gasteiger partial charge in [0.1, 0.15) is 11.6 Å². The molecule has 9 heteroatoms. The van der Waals surface area contributed by atoms with Crippen molar-refractivity contribution in [2.75, 3.05) is 10.6 Å². The van der Waals surface area contributed by atoms with E-state index >= 15 is 0 Å².